The first-order valence-corrected chi connectivity index (χ1v) is 8.62. The Balaban J connectivity index is 1.72. The first-order valence-electron chi connectivity index (χ1n) is 8.62. The van der Waals surface area contributed by atoms with Crippen molar-refractivity contribution >= 4 is 6.29 Å². The molecule has 120 valence electrons. The van der Waals surface area contributed by atoms with Crippen LogP contribution in [0, 0.1) is 5.92 Å². The van der Waals surface area contributed by atoms with E-state index in [0.29, 0.717) is 11.8 Å². The first kappa shape index (κ1) is 15.9. The second-order valence-corrected chi connectivity index (χ2v) is 6.52. The lowest BCUT2D eigenvalue weighted by Crippen LogP contribution is -2.37. The van der Waals surface area contributed by atoms with Crippen molar-refractivity contribution in [2.75, 3.05) is 19.6 Å². The van der Waals surface area contributed by atoms with Gasteiger partial charge in [0, 0.05) is 18.9 Å². The lowest BCUT2D eigenvalue weighted by atomic mass is 9.89. The van der Waals surface area contributed by atoms with Crippen molar-refractivity contribution in [1.29, 1.82) is 0 Å². The smallest absolute Gasteiger partial charge is 0.120 e. The molecule has 0 aliphatic carbocycles. The zero-order valence-electron chi connectivity index (χ0n) is 13.6. The first-order chi connectivity index (χ1) is 11.4. The topological polar surface area (TPSA) is 20.3 Å². The monoisotopic (exact) mass is 307 g/mol. The van der Waals surface area contributed by atoms with Gasteiger partial charge in [0.2, 0.25) is 0 Å². The van der Waals surface area contributed by atoms with Gasteiger partial charge in [0.05, 0.1) is 0 Å². The van der Waals surface area contributed by atoms with Gasteiger partial charge in [-0.05, 0) is 43.0 Å². The van der Waals surface area contributed by atoms with E-state index in [4.69, 9.17) is 0 Å². The molecular formula is C21H25NO. The zero-order chi connectivity index (χ0) is 15.9. The second kappa shape index (κ2) is 8.07. The average Bonchev–Trinajstić information content (AvgIpc) is 2.63. The molecule has 1 aliphatic heterocycles. The van der Waals surface area contributed by atoms with Crippen LogP contribution in [0.1, 0.15) is 36.3 Å². The van der Waals surface area contributed by atoms with Gasteiger partial charge in [-0.25, -0.2) is 0 Å². The van der Waals surface area contributed by atoms with Gasteiger partial charge in [-0.1, -0.05) is 60.7 Å². The van der Waals surface area contributed by atoms with Crippen molar-refractivity contribution in [3.63, 3.8) is 0 Å². The van der Waals surface area contributed by atoms with Crippen LogP contribution >= 0.6 is 0 Å². The van der Waals surface area contributed by atoms with Crippen molar-refractivity contribution in [2.45, 2.75) is 25.2 Å². The molecule has 0 spiro atoms. The number of carbonyl (C=O) groups is 1. The Bertz CT molecular complexity index is 548. The van der Waals surface area contributed by atoms with E-state index in [0.717, 1.165) is 45.2 Å². The van der Waals surface area contributed by atoms with Crippen LogP contribution in [0.3, 0.4) is 0 Å². The van der Waals surface area contributed by atoms with Crippen molar-refractivity contribution in [3.8, 4) is 0 Å². The molecule has 2 nitrogen and oxygen atoms in total. The lowest BCUT2D eigenvalue weighted by molar-refractivity contribution is -0.108. The summed E-state index contributed by atoms with van der Waals surface area (Å²) in [5.74, 6) is 1.01. The van der Waals surface area contributed by atoms with Crippen LogP contribution in [0.5, 0.6) is 0 Å². The number of benzene rings is 2. The molecule has 1 aliphatic rings. The summed E-state index contributed by atoms with van der Waals surface area (Å²) in [7, 11) is 0. The predicted octanol–water partition coefficient (Wildman–Crippen LogP) is 4.12. The van der Waals surface area contributed by atoms with E-state index in [1.165, 1.54) is 11.1 Å². The molecule has 2 aromatic rings. The third-order valence-electron chi connectivity index (χ3n) is 4.98. The normalized spacial score (nSPS) is 16.6. The average molecular weight is 307 g/mol. The van der Waals surface area contributed by atoms with Gasteiger partial charge in [0.1, 0.15) is 6.29 Å². The SMILES string of the molecule is O=CCC1CCN(CC(c2ccccc2)c2ccccc2)CC1. The number of hydrogen-bond acceptors (Lipinski definition) is 2. The second-order valence-electron chi connectivity index (χ2n) is 6.52. The highest BCUT2D eigenvalue weighted by atomic mass is 16.1. The Morgan fingerprint density at radius 2 is 1.43 bits per heavy atom. The third kappa shape index (κ3) is 4.29. The Labute approximate surface area is 139 Å². The van der Waals surface area contributed by atoms with E-state index < -0.39 is 0 Å². The Hall–Kier alpha value is -1.93. The van der Waals surface area contributed by atoms with E-state index in [9.17, 15) is 4.79 Å². The molecule has 0 N–H and O–H groups in total. The van der Waals surface area contributed by atoms with Crippen molar-refractivity contribution in [1.82, 2.24) is 4.90 Å². The van der Waals surface area contributed by atoms with Gasteiger partial charge < -0.3 is 9.69 Å². The molecule has 2 aromatic carbocycles. The maximum absolute atomic E-state index is 10.7. The van der Waals surface area contributed by atoms with Crippen LogP contribution in [0.25, 0.3) is 0 Å². The van der Waals surface area contributed by atoms with Crippen LogP contribution < -0.4 is 0 Å². The van der Waals surface area contributed by atoms with Gasteiger partial charge in [-0.3, -0.25) is 0 Å². The number of nitrogens with zero attached hydrogens (tertiary/aromatic N) is 1. The summed E-state index contributed by atoms with van der Waals surface area (Å²) in [5, 5.41) is 0. The van der Waals surface area contributed by atoms with Gasteiger partial charge in [-0.15, -0.1) is 0 Å². The number of carbonyl (C=O) groups excluding carboxylic acids is 1. The Kier molecular flexibility index (Phi) is 5.60. The molecule has 23 heavy (non-hydrogen) atoms. The van der Waals surface area contributed by atoms with Crippen LogP contribution in [-0.4, -0.2) is 30.8 Å². The summed E-state index contributed by atoms with van der Waals surface area (Å²) in [5.41, 5.74) is 2.77. The molecule has 2 heteroatoms. The lowest BCUT2D eigenvalue weighted by Gasteiger charge is -2.34. The molecular weight excluding hydrogens is 282 g/mol. The van der Waals surface area contributed by atoms with Crippen LogP contribution in [0.4, 0.5) is 0 Å². The molecule has 0 amide bonds. The predicted molar refractivity (Wildman–Crippen MR) is 94.6 cm³/mol. The molecule has 1 heterocycles. The van der Waals surface area contributed by atoms with E-state index in [1.807, 2.05) is 0 Å². The molecule has 0 radical (unpaired) electrons. The van der Waals surface area contributed by atoms with Gasteiger partial charge in [0.25, 0.3) is 0 Å². The highest BCUT2D eigenvalue weighted by Crippen LogP contribution is 2.28. The number of likely N-dealkylation sites (tertiary alicyclic amines) is 1. The van der Waals surface area contributed by atoms with Crippen LogP contribution in [0.2, 0.25) is 0 Å². The summed E-state index contributed by atoms with van der Waals surface area (Å²) in [6.07, 6.45) is 4.11. The summed E-state index contributed by atoms with van der Waals surface area (Å²) < 4.78 is 0. The van der Waals surface area contributed by atoms with Crippen molar-refractivity contribution < 1.29 is 4.79 Å². The fourth-order valence-corrected chi connectivity index (χ4v) is 3.57. The summed E-state index contributed by atoms with van der Waals surface area (Å²) >= 11 is 0. The summed E-state index contributed by atoms with van der Waals surface area (Å²) in [6, 6.07) is 21.6. The molecule has 0 atom stereocenters. The molecule has 0 saturated carbocycles. The summed E-state index contributed by atoms with van der Waals surface area (Å²) in [4.78, 5) is 13.3. The zero-order valence-corrected chi connectivity index (χ0v) is 13.6. The van der Waals surface area contributed by atoms with Crippen molar-refractivity contribution in [2.24, 2.45) is 5.92 Å². The standard InChI is InChI=1S/C21H25NO/c23-16-13-18-11-14-22(15-12-18)17-21(19-7-3-1-4-8-19)20-9-5-2-6-10-20/h1-10,16,18,21H,11-15,17H2. The highest BCUT2D eigenvalue weighted by molar-refractivity contribution is 5.49. The minimum absolute atomic E-state index is 0.417. The van der Waals surface area contributed by atoms with E-state index in [1.54, 1.807) is 0 Å². The van der Waals surface area contributed by atoms with Crippen LogP contribution in [-0.2, 0) is 4.79 Å². The van der Waals surface area contributed by atoms with Crippen molar-refractivity contribution in [3.05, 3.63) is 71.8 Å². The van der Waals surface area contributed by atoms with Gasteiger partial charge >= 0.3 is 0 Å². The Morgan fingerprint density at radius 3 is 1.91 bits per heavy atom. The number of rotatable bonds is 6. The summed E-state index contributed by atoms with van der Waals surface area (Å²) in [6.45, 7) is 3.27. The van der Waals surface area contributed by atoms with E-state index in [-0.39, 0.29) is 0 Å². The largest absolute Gasteiger partial charge is 0.303 e. The maximum Gasteiger partial charge on any atom is 0.120 e. The molecule has 0 unspecified atom stereocenters. The molecule has 0 bridgehead atoms. The highest BCUT2D eigenvalue weighted by Gasteiger charge is 2.23. The molecule has 1 fully saturated rings. The van der Waals surface area contributed by atoms with E-state index in [2.05, 4.69) is 65.6 Å². The van der Waals surface area contributed by atoms with Gasteiger partial charge in [-0.2, -0.15) is 0 Å². The molecule has 0 aromatic heterocycles. The Morgan fingerprint density at radius 1 is 0.913 bits per heavy atom. The third-order valence-corrected chi connectivity index (χ3v) is 4.98. The fourth-order valence-electron chi connectivity index (χ4n) is 3.57. The van der Waals surface area contributed by atoms with Crippen LogP contribution in [0.15, 0.2) is 60.7 Å². The minimum atomic E-state index is 0.417. The molecule has 1 saturated heterocycles. The quantitative estimate of drug-likeness (QED) is 0.748. The van der Waals surface area contributed by atoms with E-state index >= 15 is 0 Å². The minimum Gasteiger partial charge on any atom is -0.303 e. The number of piperidine rings is 1. The fraction of sp³-hybridized carbons (Fsp3) is 0.381. The maximum atomic E-state index is 10.7. The number of hydrogen-bond donors (Lipinski definition) is 0. The molecule has 3 rings (SSSR count). The number of aldehydes is 1. The van der Waals surface area contributed by atoms with Gasteiger partial charge in [0.15, 0.2) is 0 Å².